The minimum absolute atomic E-state index is 0.287. The molecule has 3 aromatic rings. The number of benzene rings is 1. The number of carbonyl (C=O) groups is 1. The third-order valence-corrected chi connectivity index (χ3v) is 3.71. The van der Waals surface area contributed by atoms with Crippen LogP contribution >= 0.6 is 0 Å². The summed E-state index contributed by atoms with van der Waals surface area (Å²) in [6.45, 7) is 2.50. The zero-order chi connectivity index (χ0) is 17.8. The van der Waals surface area contributed by atoms with E-state index < -0.39 is 0 Å². The smallest absolute Gasteiger partial charge is 0.260 e. The van der Waals surface area contributed by atoms with Crippen molar-refractivity contribution in [2.75, 3.05) is 18.5 Å². The van der Waals surface area contributed by atoms with Crippen molar-refractivity contribution in [3.8, 4) is 17.0 Å². The molecule has 0 spiro atoms. The highest BCUT2D eigenvalue weighted by atomic mass is 16.5. The molecular formula is C17H19N5O3. The lowest BCUT2D eigenvalue weighted by Gasteiger charge is -2.13. The van der Waals surface area contributed by atoms with E-state index in [2.05, 4.69) is 15.6 Å². The van der Waals surface area contributed by atoms with Gasteiger partial charge >= 0.3 is 0 Å². The topological polar surface area (TPSA) is 108 Å². The number of carbonyl (C=O) groups excluding carboxylic acids is 1. The second-order valence-electron chi connectivity index (χ2n) is 5.44. The van der Waals surface area contributed by atoms with Gasteiger partial charge in [0.05, 0.1) is 11.9 Å². The summed E-state index contributed by atoms with van der Waals surface area (Å²) in [6, 6.07) is 7.28. The monoisotopic (exact) mass is 341 g/mol. The number of aromatic nitrogens is 3. The van der Waals surface area contributed by atoms with E-state index in [0.29, 0.717) is 35.9 Å². The quantitative estimate of drug-likeness (QED) is 0.709. The van der Waals surface area contributed by atoms with Gasteiger partial charge in [-0.1, -0.05) is 5.16 Å². The zero-order valence-corrected chi connectivity index (χ0v) is 14.0. The molecule has 0 fully saturated rings. The van der Waals surface area contributed by atoms with Gasteiger partial charge in [0, 0.05) is 31.0 Å². The number of nitrogens with two attached hydrogens (primary N) is 1. The Hall–Kier alpha value is -3.13. The van der Waals surface area contributed by atoms with E-state index in [-0.39, 0.29) is 5.91 Å². The number of aryl methyl sites for hydroxylation is 2. The fraction of sp³-hybridized carbons (Fsp3) is 0.235. The first-order valence-electron chi connectivity index (χ1n) is 7.78. The van der Waals surface area contributed by atoms with Crippen LogP contribution in [-0.2, 0) is 7.05 Å². The van der Waals surface area contributed by atoms with E-state index in [9.17, 15) is 4.79 Å². The first kappa shape index (κ1) is 16.7. The van der Waals surface area contributed by atoms with E-state index in [0.717, 1.165) is 11.3 Å². The predicted octanol–water partition coefficient (Wildman–Crippen LogP) is 1.97. The summed E-state index contributed by atoms with van der Waals surface area (Å²) in [6.07, 6.45) is 3.10. The lowest BCUT2D eigenvalue weighted by atomic mass is 10.1. The van der Waals surface area contributed by atoms with E-state index in [1.165, 1.54) is 6.20 Å². The van der Waals surface area contributed by atoms with Gasteiger partial charge in [0.15, 0.2) is 0 Å². The normalized spacial score (nSPS) is 10.7. The van der Waals surface area contributed by atoms with Crippen molar-refractivity contribution in [2.45, 2.75) is 6.92 Å². The van der Waals surface area contributed by atoms with Crippen molar-refractivity contribution < 1.29 is 14.1 Å². The molecule has 3 rings (SSSR count). The zero-order valence-electron chi connectivity index (χ0n) is 14.0. The highest BCUT2D eigenvalue weighted by Gasteiger charge is 2.15. The molecule has 8 heteroatoms. The first-order chi connectivity index (χ1) is 12.1. The summed E-state index contributed by atoms with van der Waals surface area (Å²) < 4.78 is 12.4. The maximum absolute atomic E-state index is 12.3. The molecule has 2 aromatic heterocycles. The average Bonchev–Trinajstić information content (AvgIpc) is 3.21. The largest absolute Gasteiger partial charge is 0.492 e. The number of nitrogens with zero attached hydrogens (tertiary/aromatic N) is 3. The molecule has 0 saturated heterocycles. The van der Waals surface area contributed by atoms with Gasteiger partial charge in [0.2, 0.25) is 0 Å². The third kappa shape index (κ3) is 3.53. The number of anilines is 1. The minimum Gasteiger partial charge on any atom is -0.492 e. The molecule has 8 nitrogen and oxygen atoms in total. The summed E-state index contributed by atoms with van der Waals surface area (Å²) in [4.78, 5) is 12.3. The Morgan fingerprint density at radius 1 is 1.40 bits per heavy atom. The van der Waals surface area contributed by atoms with Crippen molar-refractivity contribution in [1.82, 2.24) is 14.9 Å². The standard InChI is InChI=1S/C17H19N5O3/c1-11-14(10-20-25-11)17(23)21-12-3-4-16(24-8-6-18)13(9-12)15-5-7-19-22(15)2/h3-5,7,9-10H,6,8,18H2,1-2H3,(H,21,23). The molecule has 0 bridgehead atoms. The van der Waals surface area contributed by atoms with Crippen LogP contribution in [0, 0.1) is 6.92 Å². The fourth-order valence-electron chi connectivity index (χ4n) is 2.46. The van der Waals surface area contributed by atoms with Crippen molar-refractivity contribution in [1.29, 1.82) is 0 Å². The van der Waals surface area contributed by atoms with Gasteiger partial charge in [-0.3, -0.25) is 9.48 Å². The van der Waals surface area contributed by atoms with E-state index in [4.69, 9.17) is 15.0 Å². The Morgan fingerprint density at radius 3 is 2.88 bits per heavy atom. The average molecular weight is 341 g/mol. The van der Waals surface area contributed by atoms with Crippen LogP contribution in [-0.4, -0.2) is 34.0 Å². The maximum atomic E-state index is 12.3. The summed E-state index contributed by atoms with van der Waals surface area (Å²) in [7, 11) is 1.84. The van der Waals surface area contributed by atoms with E-state index >= 15 is 0 Å². The van der Waals surface area contributed by atoms with Gasteiger partial charge in [-0.25, -0.2) is 0 Å². The number of hydrogen-bond acceptors (Lipinski definition) is 6. The van der Waals surface area contributed by atoms with Gasteiger partial charge in [-0.2, -0.15) is 5.10 Å². The number of hydrogen-bond donors (Lipinski definition) is 2. The second kappa shape index (κ2) is 7.18. The summed E-state index contributed by atoms with van der Waals surface area (Å²) in [5, 5.41) is 10.6. The Kier molecular flexibility index (Phi) is 4.80. The Morgan fingerprint density at radius 2 is 2.24 bits per heavy atom. The highest BCUT2D eigenvalue weighted by Crippen LogP contribution is 2.32. The highest BCUT2D eigenvalue weighted by molar-refractivity contribution is 6.05. The molecule has 0 unspecified atom stereocenters. The number of rotatable bonds is 6. The molecule has 0 aliphatic heterocycles. The molecule has 1 aromatic carbocycles. The maximum Gasteiger partial charge on any atom is 0.260 e. The summed E-state index contributed by atoms with van der Waals surface area (Å²) in [5.41, 5.74) is 8.22. The van der Waals surface area contributed by atoms with Crippen LogP contribution in [0.2, 0.25) is 0 Å². The van der Waals surface area contributed by atoms with Crippen LogP contribution < -0.4 is 15.8 Å². The van der Waals surface area contributed by atoms with Crippen molar-refractivity contribution in [2.24, 2.45) is 12.8 Å². The van der Waals surface area contributed by atoms with Crippen LogP contribution in [0.3, 0.4) is 0 Å². The molecule has 0 radical (unpaired) electrons. The van der Waals surface area contributed by atoms with Crippen molar-refractivity contribution in [3.05, 3.63) is 48.0 Å². The third-order valence-electron chi connectivity index (χ3n) is 3.71. The van der Waals surface area contributed by atoms with Gasteiger partial charge < -0.3 is 20.3 Å². The van der Waals surface area contributed by atoms with Crippen molar-refractivity contribution >= 4 is 11.6 Å². The molecule has 0 saturated carbocycles. The molecule has 2 heterocycles. The Bertz CT molecular complexity index is 884. The van der Waals surface area contributed by atoms with Crippen LogP contribution in [0.1, 0.15) is 16.1 Å². The Labute approximate surface area is 144 Å². The predicted molar refractivity (Wildman–Crippen MR) is 92.4 cm³/mol. The second-order valence-corrected chi connectivity index (χ2v) is 5.44. The van der Waals surface area contributed by atoms with Gasteiger partial charge in [-0.05, 0) is 31.2 Å². The number of ether oxygens (including phenoxy) is 1. The Balaban J connectivity index is 1.92. The first-order valence-corrected chi connectivity index (χ1v) is 7.78. The van der Waals surface area contributed by atoms with E-state index in [1.54, 1.807) is 29.9 Å². The SMILES string of the molecule is Cc1oncc1C(=O)Nc1ccc(OCCN)c(-c2ccnn2C)c1. The van der Waals surface area contributed by atoms with Gasteiger partial charge in [-0.15, -0.1) is 0 Å². The molecule has 130 valence electrons. The molecule has 0 atom stereocenters. The van der Waals surface area contributed by atoms with Crippen LogP contribution in [0.15, 0.2) is 41.2 Å². The number of amides is 1. The lowest BCUT2D eigenvalue weighted by molar-refractivity contribution is 0.102. The fourth-order valence-corrected chi connectivity index (χ4v) is 2.46. The van der Waals surface area contributed by atoms with Crippen LogP contribution in [0.25, 0.3) is 11.3 Å². The van der Waals surface area contributed by atoms with Gasteiger partial charge in [0.25, 0.3) is 5.91 Å². The molecule has 25 heavy (non-hydrogen) atoms. The molecule has 0 aliphatic carbocycles. The summed E-state index contributed by atoms with van der Waals surface area (Å²) in [5.74, 6) is 0.853. The minimum atomic E-state index is -0.287. The van der Waals surface area contributed by atoms with Crippen molar-refractivity contribution in [3.63, 3.8) is 0 Å². The van der Waals surface area contributed by atoms with Gasteiger partial charge in [0.1, 0.15) is 23.7 Å². The summed E-state index contributed by atoms with van der Waals surface area (Å²) >= 11 is 0. The lowest BCUT2D eigenvalue weighted by Crippen LogP contribution is -2.13. The molecule has 3 N–H and O–H groups in total. The molecule has 0 aliphatic rings. The number of nitrogens with one attached hydrogen (secondary N) is 1. The van der Waals surface area contributed by atoms with Crippen LogP contribution in [0.5, 0.6) is 5.75 Å². The van der Waals surface area contributed by atoms with E-state index in [1.807, 2.05) is 19.2 Å². The van der Waals surface area contributed by atoms with Crippen LogP contribution in [0.4, 0.5) is 5.69 Å². The molecule has 1 amide bonds. The molecular weight excluding hydrogens is 322 g/mol.